The van der Waals surface area contributed by atoms with E-state index in [1.807, 2.05) is 30.3 Å². The van der Waals surface area contributed by atoms with Crippen LogP contribution >= 0.6 is 11.3 Å². The lowest BCUT2D eigenvalue weighted by atomic mass is 9.95. The number of carbonyl (C=O) groups is 2. The van der Waals surface area contributed by atoms with Crippen molar-refractivity contribution in [1.82, 2.24) is 5.32 Å². The molecule has 1 aliphatic carbocycles. The Balaban J connectivity index is 1.57. The highest BCUT2D eigenvalue weighted by Crippen LogP contribution is 2.38. The minimum atomic E-state index is -0.510. The van der Waals surface area contributed by atoms with E-state index in [2.05, 4.69) is 10.6 Å². The van der Waals surface area contributed by atoms with Crippen molar-refractivity contribution in [2.75, 3.05) is 5.32 Å². The number of non-ortho nitro benzene ring substituents is 1. The number of hydrogen-bond acceptors (Lipinski definition) is 5. The third kappa shape index (κ3) is 4.64. The summed E-state index contributed by atoms with van der Waals surface area (Å²) in [7, 11) is 0. The van der Waals surface area contributed by atoms with Gasteiger partial charge in [0.05, 0.1) is 10.5 Å². The Morgan fingerprint density at radius 1 is 0.968 bits per heavy atom. The van der Waals surface area contributed by atoms with E-state index in [0.717, 1.165) is 41.7 Å². The SMILES string of the molecule is O=C(Nc1sc2c(c1C(=O)NCc1ccccc1)CCCC2)c1ccc([N+](=O)[O-])cc1. The Kier molecular flexibility index (Phi) is 6.08. The monoisotopic (exact) mass is 435 g/mol. The zero-order valence-electron chi connectivity index (χ0n) is 16.7. The van der Waals surface area contributed by atoms with Crippen LogP contribution in [0.3, 0.4) is 0 Å². The summed E-state index contributed by atoms with van der Waals surface area (Å²) in [6, 6.07) is 15.1. The van der Waals surface area contributed by atoms with Crippen molar-refractivity contribution in [3.63, 3.8) is 0 Å². The van der Waals surface area contributed by atoms with Crippen LogP contribution in [0.15, 0.2) is 54.6 Å². The van der Waals surface area contributed by atoms with Gasteiger partial charge in [-0.1, -0.05) is 30.3 Å². The Hall–Kier alpha value is -3.52. The molecule has 7 nitrogen and oxygen atoms in total. The molecule has 0 aliphatic heterocycles. The number of hydrogen-bond donors (Lipinski definition) is 2. The minimum absolute atomic E-state index is 0.0795. The summed E-state index contributed by atoms with van der Waals surface area (Å²) < 4.78 is 0. The lowest BCUT2D eigenvalue weighted by Gasteiger charge is -2.13. The number of nitrogens with one attached hydrogen (secondary N) is 2. The Labute approximate surface area is 183 Å². The molecule has 2 amide bonds. The number of fused-ring (bicyclic) bond motifs is 1. The molecule has 0 unspecified atom stereocenters. The van der Waals surface area contributed by atoms with Gasteiger partial charge in [0.1, 0.15) is 5.00 Å². The van der Waals surface area contributed by atoms with Crippen LogP contribution in [0, 0.1) is 10.1 Å². The zero-order chi connectivity index (χ0) is 21.8. The van der Waals surface area contributed by atoms with E-state index in [1.54, 1.807) is 0 Å². The molecule has 4 rings (SSSR count). The fourth-order valence-corrected chi connectivity index (χ4v) is 4.95. The van der Waals surface area contributed by atoms with Crippen molar-refractivity contribution in [1.29, 1.82) is 0 Å². The molecule has 1 aromatic heterocycles. The van der Waals surface area contributed by atoms with Crippen LogP contribution in [-0.4, -0.2) is 16.7 Å². The Morgan fingerprint density at radius 2 is 1.68 bits per heavy atom. The number of nitrogens with zero attached hydrogens (tertiary/aromatic N) is 1. The molecule has 0 radical (unpaired) electrons. The largest absolute Gasteiger partial charge is 0.348 e. The van der Waals surface area contributed by atoms with Crippen molar-refractivity contribution in [2.45, 2.75) is 32.2 Å². The molecule has 0 atom stereocenters. The molecular formula is C23H21N3O4S. The number of nitro groups is 1. The van der Waals surface area contributed by atoms with Gasteiger partial charge in [-0.3, -0.25) is 19.7 Å². The third-order valence-corrected chi connectivity index (χ3v) is 6.47. The van der Waals surface area contributed by atoms with Gasteiger partial charge in [0, 0.05) is 29.1 Å². The van der Waals surface area contributed by atoms with E-state index in [9.17, 15) is 19.7 Å². The number of benzene rings is 2. The molecule has 0 fully saturated rings. The van der Waals surface area contributed by atoms with Crippen LogP contribution in [0.1, 0.15) is 49.6 Å². The fraction of sp³-hybridized carbons (Fsp3) is 0.217. The first-order valence-corrected chi connectivity index (χ1v) is 10.9. The van der Waals surface area contributed by atoms with Gasteiger partial charge in [0.25, 0.3) is 17.5 Å². The maximum atomic E-state index is 13.1. The maximum absolute atomic E-state index is 13.1. The van der Waals surface area contributed by atoms with Gasteiger partial charge in [-0.2, -0.15) is 0 Å². The van der Waals surface area contributed by atoms with E-state index in [4.69, 9.17) is 0 Å². The first-order valence-electron chi connectivity index (χ1n) is 10.1. The van der Waals surface area contributed by atoms with Crippen LogP contribution in [0.5, 0.6) is 0 Å². The number of anilines is 1. The van der Waals surface area contributed by atoms with E-state index in [-0.39, 0.29) is 11.6 Å². The summed E-state index contributed by atoms with van der Waals surface area (Å²) in [5, 5.41) is 17.2. The number of aryl methyl sites for hydroxylation is 1. The molecular weight excluding hydrogens is 414 g/mol. The second kappa shape index (κ2) is 9.09. The van der Waals surface area contributed by atoms with Crippen molar-refractivity contribution in [3.8, 4) is 0 Å². The summed E-state index contributed by atoms with van der Waals surface area (Å²) in [5.74, 6) is -0.604. The summed E-state index contributed by atoms with van der Waals surface area (Å²) in [5.41, 5.74) is 2.76. The van der Waals surface area contributed by atoms with Crippen molar-refractivity contribution < 1.29 is 14.5 Å². The normalized spacial score (nSPS) is 12.6. The van der Waals surface area contributed by atoms with Crippen LogP contribution in [0.2, 0.25) is 0 Å². The summed E-state index contributed by atoms with van der Waals surface area (Å²) >= 11 is 1.44. The summed E-state index contributed by atoms with van der Waals surface area (Å²) in [6.45, 7) is 0.403. The predicted molar refractivity (Wildman–Crippen MR) is 120 cm³/mol. The third-order valence-electron chi connectivity index (χ3n) is 5.26. The lowest BCUT2D eigenvalue weighted by Crippen LogP contribution is -2.25. The van der Waals surface area contributed by atoms with Gasteiger partial charge in [-0.25, -0.2) is 0 Å². The standard InChI is InChI=1S/C23H21N3O4S/c27-21(16-10-12-17(13-11-16)26(29)30)25-23-20(18-8-4-5-9-19(18)31-23)22(28)24-14-15-6-2-1-3-7-15/h1-3,6-7,10-13H,4-5,8-9,14H2,(H,24,28)(H,25,27). The number of carbonyl (C=O) groups excluding carboxylic acids is 2. The highest BCUT2D eigenvalue weighted by Gasteiger charge is 2.26. The molecule has 1 aliphatic rings. The van der Waals surface area contributed by atoms with Crippen LogP contribution in [-0.2, 0) is 19.4 Å². The Bertz CT molecular complexity index is 1120. The van der Waals surface area contributed by atoms with Gasteiger partial charge in [0.15, 0.2) is 0 Å². The highest BCUT2D eigenvalue weighted by atomic mass is 32.1. The predicted octanol–water partition coefficient (Wildman–Crippen LogP) is 4.72. The first-order chi connectivity index (χ1) is 15.0. The van der Waals surface area contributed by atoms with E-state index in [1.165, 1.54) is 35.6 Å². The smallest absolute Gasteiger partial charge is 0.269 e. The number of thiophene rings is 1. The number of nitro benzene ring substituents is 1. The molecule has 0 saturated carbocycles. The van der Waals surface area contributed by atoms with Crippen LogP contribution in [0.25, 0.3) is 0 Å². The average molecular weight is 436 g/mol. The quantitative estimate of drug-likeness (QED) is 0.432. The van der Waals surface area contributed by atoms with Gasteiger partial charge < -0.3 is 10.6 Å². The Morgan fingerprint density at radius 3 is 2.39 bits per heavy atom. The van der Waals surface area contributed by atoms with Crippen molar-refractivity contribution >= 4 is 33.8 Å². The number of rotatable bonds is 6. The average Bonchev–Trinajstić information content (AvgIpc) is 3.16. The highest BCUT2D eigenvalue weighted by molar-refractivity contribution is 7.17. The van der Waals surface area contributed by atoms with Gasteiger partial charge in [-0.15, -0.1) is 11.3 Å². The second-order valence-electron chi connectivity index (χ2n) is 7.34. The molecule has 3 aromatic rings. The molecule has 1 heterocycles. The van der Waals surface area contributed by atoms with E-state index >= 15 is 0 Å². The molecule has 0 bridgehead atoms. The number of amides is 2. The maximum Gasteiger partial charge on any atom is 0.269 e. The minimum Gasteiger partial charge on any atom is -0.348 e. The summed E-state index contributed by atoms with van der Waals surface area (Å²) in [4.78, 5) is 37.3. The molecule has 31 heavy (non-hydrogen) atoms. The molecule has 2 N–H and O–H groups in total. The van der Waals surface area contributed by atoms with Crippen molar-refractivity contribution in [3.05, 3.63) is 91.8 Å². The zero-order valence-corrected chi connectivity index (χ0v) is 17.5. The van der Waals surface area contributed by atoms with Gasteiger partial charge in [0.2, 0.25) is 0 Å². The summed E-state index contributed by atoms with van der Waals surface area (Å²) in [6.07, 6.45) is 3.78. The molecule has 2 aromatic carbocycles. The topological polar surface area (TPSA) is 101 Å². The first kappa shape index (κ1) is 20.7. The van der Waals surface area contributed by atoms with Gasteiger partial charge >= 0.3 is 0 Å². The molecule has 158 valence electrons. The second-order valence-corrected chi connectivity index (χ2v) is 8.45. The molecule has 0 saturated heterocycles. The van der Waals surface area contributed by atoms with E-state index < -0.39 is 10.8 Å². The molecule has 0 spiro atoms. The molecule has 8 heteroatoms. The van der Waals surface area contributed by atoms with Crippen LogP contribution < -0.4 is 10.6 Å². The van der Waals surface area contributed by atoms with Crippen LogP contribution in [0.4, 0.5) is 10.7 Å². The van der Waals surface area contributed by atoms with E-state index in [0.29, 0.717) is 22.7 Å². The van der Waals surface area contributed by atoms with Gasteiger partial charge in [-0.05, 0) is 48.9 Å². The fourth-order valence-electron chi connectivity index (χ4n) is 3.67. The lowest BCUT2D eigenvalue weighted by molar-refractivity contribution is -0.384. The van der Waals surface area contributed by atoms with Crippen molar-refractivity contribution in [2.24, 2.45) is 0 Å².